The number of amides is 1. The van der Waals surface area contributed by atoms with E-state index in [0.717, 1.165) is 55.6 Å². The van der Waals surface area contributed by atoms with Crippen LogP contribution in [-0.2, 0) is 22.6 Å². The second-order valence-corrected chi connectivity index (χ2v) is 8.02. The lowest BCUT2D eigenvalue weighted by Crippen LogP contribution is -2.35. The fourth-order valence-electron chi connectivity index (χ4n) is 3.22. The zero-order chi connectivity index (χ0) is 25.2. The van der Waals surface area contributed by atoms with Crippen molar-refractivity contribution in [2.45, 2.75) is 65.9 Å². The molecule has 188 valence electrons. The summed E-state index contributed by atoms with van der Waals surface area (Å²) < 4.78 is 18.6. The average molecular weight is 475 g/mol. The maximum Gasteiger partial charge on any atom is 0.414 e. The topological polar surface area (TPSA) is 78.9 Å². The molecule has 0 unspecified atom stereocenters. The van der Waals surface area contributed by atoms with Crippen LogP contribution in [0.1, 0.15) is 64.0 Å². The number of ether oxygens (including phenoxy) is 1. The molecule has 7 heteroatoms. The number of nitrogens with zero attached hydrogens (tertiary/aromatic N) is 1. The zero-order valence-electron chi connectivity index (χ0n) is 20.7. The normalized spacial score (nSPS) is 11.8. The number of halogens is 1. The summed E-state index contributed by atoms with van der Waals surface area (Å²) in [5.74, 6) is -0.980. The molecule has 2 aromatic rings. The standard InChI is InChI=1S/C17H16FNO2.C7H15NO2.C3H8/c18-15-8-9-16-14(11-15)7-4-10-19(16)17(20)21-12-13-5-2-1-3-6-13;1-2-5-8-6-3-4-7(9)10;1-3-2/h1-3,5-6,8-9,11H,4,7,10,12H2;8H,2-6H2,1H3,(H,9,10);3H2,1-2H3. The van der Waals surface area contributed by atoms with Crippen molar-refractivity contribution in [3.05, 3.63) is 65.5 Å². The van der Waals surface area contributed by atoms with Crippen molar-refractivity contribution in [1.82, 2.24) is 5.32 Å². The van der Waals surface area contributed by atoms with Gasteiger partial charge in [0.15, 0.2) is 0 Å². The van der Waals surface area contributed by atoms with Gasteiger partial charge < -0.3 is 15.2 Å². The SMILES string of the molecule is CCC.CCCNCCCC(=O)O.O=C(OCc1ccccc1)N1CCCc2cc(F)ccc21. The van der Waals surface area contributed by atoms with Crippen LogP contribution in [0, 0.1) is 5.82 Å². The largest absolute Gasteiger partial charge is 0.481 e. The Bertz CT molecular complexity index is 846. The van der Waals surface area contributed by atoms with Gasteiger partial charge in [-0.15, -0.1) is 0 Å². The third kappa shape index (κ3) is 11.8. The molecule has 1 aliphatic rings. The lowest BCUT2D eigenvalue weighted by Gasteiger charge is -2.28. The highest BCUT2D eigenvalue weighted by atomic mass is 19.1. The van der Waals surface area contributed by atoms with Crippen molar-refractivity contribution in [2.24, 2.45) is 0 Å². The van der Waals surface area contributed by atoms with Gasteiger partial charge >= 0.3 is 12.1 Å². The number of aryl methyl sites for hydroxylation is 1. The number of nitrogens with one attached hydrogen (secondary N) is 1. The van der Waals surface area contributed by atoms with E-state index in [2.05, 4.69) is 26.1 Å². The molecule has 0 radical (unpaired) electrons. The van der Waals surface area contributed by atoms with Crippen LogP contribution in [0.25, 0.3) is 0 Å². The first-order chi connectivity index (χ1) is 16.4. The van der Waals surface area contributed by atoms with Crippen LogP contribution >= 0.6 is 0 Å². The number of aliphatic carboxylic acids is 1. The van der Waals surface area contributed by atoms with Crippen molar-refractivity contribution >= 4 is 17.7 Å². The second-order valence-electron chi connectivity index (χ2n) is 8.02. The van der Waals surface area contributed by atoms with E-state index in [-0.39, 0.29) is 24.9 Å². The Kier molecular flexibility index (Phi) is 15.0. The number of rotatable bonds is 8. The Morgan fingerprint density at radius 3 is 2.44 bits per heavy atom. The Morgan fingerprint density at radius 2 is 1.79 bits per heavy atom. The second kappa shape index (κ2) is 17.5. The summed E-state index contributed by atoms with van der Waals surface area (Å²) in [6.07, 6.45) is 4.58. The first-order valence-corrected chi connectivity index (χ1v) is 12.1. The van der Waals surface area contributed by atoms with Gasteiger partial charge in [-0.2, -0.15) is 0 Å². The number of carbonyl (C=O) groups excluding carboxylic acids is 1. The summed E-state index contributed by atoms with van der Waals surface area (Å²) in [4.78, 5) is 23.8. The van der Waals surface area contributed by atoms with Crippen LogP contribution in [0.4, 0.5) is 14.9 Å². The van der Waals surface area contributed by atoms with E-state index in [0.29, 0.717) is 6.54 Å². The third-order valence-corrected chi connectivity index (χ3v) is 4.76. The van der Waals surface area contributed by atoms with Crippen molar-refractivity contribution < 1.29 is 23.8 Å². The van der Waals surface area contributed by atoms with Crippen molar-refractivity contribution in [3.63, 3.8) is 0 Å². The van der Waals surface area contributed by atoms with Crippen LogP contribution in [0.5, 0.6) is 0 Å². The fourth-order valence-corrected chi connectivity index (χ4v) is 3.22. The molecule has 6 nitrogen and oxygen atoms in total. The number of fused-ring (bicyclic) bond motifs is 1. The van der Waals surface area contributed by atoms with E-state index in [9.17, 15) is 14.0 Å². The van der Waals surface area contributed by atoms with Crippen LogP contribution < -0.4 is 10.2 Å². The molecule has 2 N–H and O–H groups in total. The van der Waals surface area contributed by atoms with Crippen LogP contribution in [0.15, 0.2) is 48.5 Å². The molecule has 3 rings (SSSR count). The molecule has 0 saturated carbocycles. The summed E-state index contributed by atoms with van der Waals surface area (Å²) in [7, 11) is 0. The van der Waals surface area contributed by atoms with E-state index in [1.54, 1.807) is 11.0 Å². The molecule has 1 amide bonds. The average Bonchev–Trinajstić information content (AvgIpc) is 2.83. The van der Waals surface area contributed by atoms with E-state index >= 15 is 0 Å². The number of carboxylic acids is 1. The predicted molar refractivity (Wildman–Crippen MR) is 135 cm³/mol. The fraction of sp³-hybridized carbons (Fsp3) is 0.481. The van der Waals surface area contributed by atoms with Gasteiger partial charge in [0.2, 0.25) is 0 Å². The molecule has 1 heterocycles. The quantitative estimate of drug-likeness (QED) is 0.447. The monoisotopic (exact) mass is 474 g/mol. The lowest BCUT2D eigenvalue weighted by molar-refractivity contribution is -0.137. The van der Waals surface area contributed by atoms with Gasteiger partial charge in [0.1, 0.15) is 12.4 Å². The Balaban J connectivity index is 0.000000375. The summed E-state index contributed by atoms with van der Waals surface area (Å²) in [6.45, 7) is 8.99. The summed E-state index contributed by atoms with van der Waals surface area (Å²) in [6, 6.07) is 14.1. The summed E-state index contributed by atoms with van der Waals surface area (Å²) >= 11 is 0. The predicted octanol–water partition coefficient (Wildman–Crippen LogP) is 6.18. The van der Waals surface area contributed by atoms with E-state index in [4.69, 9.17) is 9.84 Å². The number of anilines is 1. The molecule has 2 aromatic carbocycles. The maximum absolute atomic E-state index is 13.3. The first-order valence-electron chi connectivity index (χ1n) is 12.1. The number of hydrogen-bond donors (Lipinski definition) is 2. The molecular weight excluding hydrogens is 435 g/mol. The molecular formula is C27H39FN2O4. The zero-order valence-corrected chi connectivity index (χ0v) is 20.7. The Morgan fingerprint density at radius 1 is 1.09 bits per heavy atom. The molecule has 0 spiro atoms. The minimum Gasteiger partial charge on any atom is -0.481 e. The van der Waals surface area contributed by atoms with Gasteiger partial charge in [-0.1, -0.05) is 57.5 Å². The summed E-state index contributed by atoms with van der Waals surface area (Å²) in [5, 5.41) is 11.4. The van der Waals surface area contributed by atoms with Crippen molar-refractivity contribution in [2.75, 3.05) is 24.5 Å². The van der Waals surface area contributed by atoms with E-state index in [1.807, 2.05) is 30.3 Å². The van der Waals surface area contributed by atoms with Gasteiger partial charge in [0.25, 0.3) is 0 Å². The molecule has 0 aliphatic carbocycles. The minimum atomic E-state index is -0.710. The van der Waals surface area contributed by atoms with Crippen LogP contribution in [-0.4, -0.2) is 36.8 Å². The number of carbonyl (C=O) groups is 2. The van der Waals surface area contributed by atoms with Gasteiger partial charge in [-0.05, 0) is 68.1 Å². The molecule has 34 heavy (non-hydrogen) atoms. The third-order valence-electron chi connectivity index (χ3n) is 4.76. The molecule has 0 aromatic heterocycles. The molecule has 0 bridgehead atoms. The Labute approximate surface area is 203 Å². The molecule has 0 saturated heterocycles. The van der Waals surface area contributed by atoms with Crippen molar-refractivity contribution in [3.8, 4) is 0 Å². The Hall–Kier alpha value is -2.93. The molecule has 1 aliphatic heterocycles. The van der Waals surface area contributed by atoms with E-state index < -0.39 is 5.97 Å². The van der Waals surface area contributed by atoms with Crippen LogP contribution in [0.2, 0.25) is 0 Å². The highest BCUT2D eigenvalue weighted by Crippen LogP contribution is 2.28. The van der Waals surface area contributed by atoms with E-state index in [1.165, 1.54) is 18.6 Å². The van der Waals surface area contributed by atoms with Gasteiger partial charge in [-0.3, -0.25) is 9.69 Å². The highest BCUT2D eigenvalue weighted by Gasteiger charge is 2.24. The minimum absolute atomic E-state index is 0.243. The lowest BCUT2D eigenvalue weighted by atomic mass is 10.0. The summed E-state index contributed by atoms with van der Waals surface area (Å²) in [5.41, 5.74) is 2.56. The molecule has 0 atom stereocenters. The number of hydrogen-bond acceptors (Lipinski definition) is 4. The number of carboxylic acid groups (broad SMARTS) is 1. The maximum atomic E-state index is 13.3. The first kappa shape index (κ1) is 29.1. The van der Waals surface area contributed by atoms with Gasteiger partial charge in [0, 0.05) is 13.0 Å². The van der Waals surface area contributed by atoms with Gasteiger partial charge in [0.05, 0.1) is 5.69 Å². The highest BCUT2D eigenvalue weighted by molar-refractivity contribution is 5.89. The van der Waals surface area contributed by atoms with Gasteiger partial charge in [-0.25, -0.2) is 9.18 Å². The van der Waals surface area contributed by atoms with Crippen LogP contribution in [0.3, 0.4) is 0 Å². The smallest absolute Gasteiger partial charge is 0.414 e. The number of benzene rings is 2. The van der Waals surface area contributed by atoms with Crippen molar-refractivity contribution in [1.29, 1.82) is 0 Å². The molecule has 0 fully saturated rings.